The van der Waals surface area contributed by atoms with Gasteiger partial charge >= 0.3 is 24.0 Å². The van der Waals surface area contributed by atoms with Crippen molar-refractivity contribution in [1.29, 1.82) is 0 Å². The molecule has 312 valence electrons. The molecule has 1 saturated heterocycles. The molecule has 3 aromatic rings. The minimum absolute atomic E-state index is 0. The van der Waals surface area contributed by atoms with E-state index in [2.05, 4.69) is 10.3 Å². The van der Waals surface area contributed by atoms with E-state index in [-0.39, 0.29) is 24.9 Å². The lowest BCUT2D eigenvalue weighted by Gasteiger charge is -2.32. The lowest BCUT2D eigenvalue weighted by Crippen LogP contribution is -2.48. The maximum atomic E-state index is 15.3. The summed E-state index contributed by atoms with van der Waals surface area (Å²) >= 11 is 3.10. The number of carbonyl (C=O) groups is 1. The van der Waals surface area contributed by atoms with Crippen molar-refractivity contribution < 1.29 is 54.9 Å². The number of thioether (sulfide) groups is 2. The van der Waals surface area contributed by atoms with E-state index in [1.165, 1.54) is 24.3 Å². The molecule has 56 heavy (non-hydrogen) atoms. The van der Waals surface area contributed by atoms with Crippen molar-refractivity contribution in [2.24, 2.45) is 10.8 Å². The molecule has 0 aliphatic carbocycles. The zero-order valence-corrected chi connectivity index (χ0v) is 31.9. The molecule has 2 aromatic carbocycles. The molecule has 4 atom stereocenters. The number of aromatic nitrogens is 2. The third-order valence-corrected chi connectivity index (χ3v) is 12.1. The zero-order valence-electron chi connectivity index (χ0n) is 30.2. The quantitative estimate of drug-likeness (QED) is 0.0912. The number of aliphatic hydroxyl groups excluding tert-OH is 2. The number of nitrogens with zero attached hydrogens (tertiary/aromatic N) is 2. The van der Waals surface area contributed by atoms with Crippen LogP contribution < -0.4 is 11.0 Å². The van der Waals surface area contributed by atoms with Gasteiger partial charge in [0.25, 0.3) is 0 Å². The topological polar surface area (TPSA) is 114 Å². The highest BCUT2D eigenvalue weighted by atomic mass is 32.2. The monoisotopic (exact) mass is 841 g/mol. The van der Waals surface area contributed by atoms with E-state index in [0.29, 0.717) is 46.7 Å². The van der Waals surface area contributed by atoms with Crippen molar-refractivity contribution in [2.75, 3.05) is 24.3 Å². The SMILES string of the molecule is C.CC(C)(CCC(CCSCc1ccc(C(F)(F)F)cc1)SCc1ccc(C(F)(F)F)cc1)CC(=O)Nc1ccn([C@@H]2O[C@H](CO)C(C)(CO)C2(F)F)c(=O)n1. The molecule has 1 fully saturated rings. The Labute approximate surface area is 328 Å². The molecule has 1 aromatic heterocycles. The molecule has 0 bridgehead atoms. The first kappa shape index (κ1) is 47.2. The predicted octanol–water partition coefficient (Wildman–Crippen LogP) is 9.20. The van der Waals surface area contributed by atoms with E-state index in [1.54, 1.807) is 23.5 Å². The van der Waals surface area contributed by atoms with E-state index in [1.807, 2.05) is 13.8 Å². The van der Waals surface area contributed by atoms with Gasteiger partial charge in [-0.3, -0.25) is 9.36 Å². The number of nitrogens with one attached hydrogen (secondary N) is 1. The van der Waals surface area contributed by atoms with Crippen LogP contribution in [0.15, 0.2) is 65.6 Å². The Bertz CT molecular complexity index is 1790. The lowest BCUT2D eigenvalue weighted by molar-refractivity contribution is -0.154. The molecule has 8 nitrogen and oxygen atoms in total. The Morgan fingerprint density at radius 1 is 0.929 bits per heavy atom. The minimum Gasteiger partial charge on any atom is -0.395 e. The number of ether oxygens (including phenoxy) is 1. The first-order valence-corrected chi connectivity index (χ1v) is 19.5. The van der Waals surface area contributed by atoms with Gasteiger partial charge in [0, 0.05) is 29.4 Å². The first-order chi connectivity index (χ1) is 25.6. The van der Waals surface area contributed by atoms with Crippen molar-refractivity contribution in [2.45, 2.75) is 101 Å². The summed E-state index contributed by atoms with van der Waals surface area (Å²) in [5.74, 6) is -2.86. The number of amides is 1. The molecule has 2 unspecified atom stereocenters. The average Bonchev–Trinajstić information content (AvgIpc) is 3.31. The number of anilines is 1. The Morgan fingerprint density at radius 2 is 1.48 bits per heavy atom. The average molecular weight is 842 g/mol. The predicted molar refractivity (Wildman–Crippen MR) is 201 cm³/mol. The zero-order chi connectivity index (χ0) is 40.8. The largest absolute Gasteiger partial charge is 0.416 e. The van der Waals surface area contributed by atoms with Crippen LogP contribution in [0.4, 0.5) is 40.9 Å². The van der Waals surface area contributed by atoms with Gasteiger partial charge in [-0.25, -0.2) is 13.6 Å². The molecule has 0 saturated carbocycles. The molecule has 0 radical (unpaired) electrons. The molecule has 1 aliphatic rings. The number of hydrogen-bond donors (Lipinski definition) is 3. The summed E-state index contributed by atoms with van der Waals surface area (Å²) in [6, 6.07) is 11.0. The fraction of sp³-hybridized carbons (Fsp3) is 0.553. The Morgan fingerprint density at radius 3 is 1.96 bits per heavy atom. The van der Waals surface area contributed by atoms with E-state index in [4.69, 9.17) is 4.74 Å². The van der Waals surface area contributed by atoms with Gasteiger partial charge in [0.1, 0.15) is 5.82 Å². The fourth-order valence-electron chi connectivity index (χ4n) is 6.01. The van der Waals surface area contributed by atoms with Crippen LogP contribution in [0, 0.1) is 10.8 Å². The van der Waals surface area contributed by atoms with Crippen molar-refractivity contribution in [1.82, 2.24) is 9.55 Å². The number of hydrogen-bond acceptors (Lipinski definition) is 8. The van der Waals surface area contributed by atoms with Gasteiger partial charge in [-0.2, -0.15) is 54.9 Å². The van der Waals surface area contributed by atoms with Gasteiger partial charge in [-0.15, -0.1) is 0 Å². The number of benzene rings is 2. The smallest absolute Gasteiger partial charge is 0.395 e. The molecule has 4 rings (SSSR count). The van der Waals surface area contributed by atoms with E-state index < -0.39 is 77.4 Å². The van der Waals surface area contributed by atoms with Crippen molar-refractivity contribution in [3.05, 3.63) is 93.5 Å². The number of rotatable bonds is 17. The maximum absolute atomic E-state index is 15.3. The molecule has 1 aliphatic heterocycles. The Balaban J connectivity index is 0.00000841. The normalized spacial score (nSPS) is 20.4. The molecule has 0 spiro atoms. The second-order valence-corrected chi connectivity index (χ2v) is 16.8. The summed E-state index contributed by atoms with van der Waals surface area (Å²) in [5.41, 5.74) is -3.94. The van der Waals surface area contributed by atoms with Crippen LogP contribution in [-0.2, 0) is 33.4 Å². The van der Waals surface area contributed by atoms with E-state index >= 15 is 8.78 Å². The highest BCUT2D eigenvalue weighted by molar-refractivity contribution is 7.99. The first-order valence-electron chi connectivity index (χ1n) is 17.3. The molecular formula is C38H47F8N3O5S2. The van der Waals surface area contributed by atoms with Crippen molar-refractivity contribution in [3.63, 3.8) is 0 Å². The van der Waals surface area contributed by atoms with Crippen molar-refractivity contribution >= 4 is 35.2 Å². The van der Waals surface area contributed by atoms with Crippen LogP contribution in [0.25, 0.3) is 0 Å². The van der Waals surface area contributed by atoms with Crippen LogP contribution in [0.3, 0.4) is 0 Å². The summed E-state index contributed by atoms with van der Waals surface area (Å²) < 4.78 is 114. The van der Waals surface area contributed by atoms with Gasteiger partial charge in [-0.05, 0) is 78.8 Å². The number of aliphatic hydroxyl groups is 2. The number of alkyl halides is 8. The van der Waals surface area contributed by atoms with Gasteiger partial charge < -0.3 is 20.3 Å². The van der Waals surface area contributed by atoms with Crippen molar-refractivity contribution in [3.8, 4) is 0 Å². The standard InChI is InChI=1S/C37H43F8N3O5S2.CH4/c1-33(2,18-30(51)46-29-13-16-48(32(52)47-29)31-35(38,39)34(3,22-50)28(19-49)53-31)15-12-27(55-21-24-6-10-26(11-7-24)37(43,44)45)14-17-54-20-23-4-8-25(9-5-23)36(40,41)42;/h4-11,13,16,27-28,31,49-50H,12,14-15,17-22H2,1-3H3,(H,46,47,51,52);1H4/t27?,28-,31-,34?;/m1./s1. The Kier molecular flexibility index (Phi) is 16.0. The summed E-state index contributed by atoms with van der Waals surface area (Å²) in [4.78, 5) is 29.6. The molecule has 3 N–H and O–H groups in total. The summed E-state index contributed by atoms with van der Waals surface area (Å²) in [6.07, 6.45) is -9.66. The second kappa shape index (κ2) is 19.0. The van der Waals surface area contributed by atoms with Crippen LogP contribution in [0.1, 0.15) is 82.4 Å². The van der Waals surface area contributed by atoms with Gasteiger partial charge in [-0.1, -0.05) is 45.5 Å². The van der Waals surface area contributed by atoms with Crippen LogP contribution in [-0.4, -0.2) is 61.9 Å². The lowest BCUT2D eigenvalue weighted by atomic mass is 9.80. The highest BCUT2D eigenvalue weighted by Crippen LogP contribution is 2.54. The van der Waals surface area contributed by atoms with Crippen LogP contribution >= 0.6 is 23.5 Å². The van der Waals surface area contributed by atoms with E-state index in [9.17, 15) is 46.1 Å². The van der Waals surface area contributed by atoms with E-state index in [0.717, 1.165) is 49.0 Å². The fourth-order valence-corrected chi connectivity index (χ4v) is 8.37. The van der Waals surface area contributed by atoms with Crippen LogP contribution in [0.2, 0.25) is 0 Å². The molecule has 2 heterocycles. The Hall–Kier alpha value is -3.19. The molecule has 1 amide bonds. The van der Waals surface area contributed by atoms with Gasteiger partial charge in [0.05, 0.1) is 35.9 Å². The summed E-state index contributed by atoms with van der Waals surface area (Å²) in [5, 5.41) is 21.7. The maximum Gasteiger partial charge on any atom is 0.416 e. The number of carbonyl (C=O) groups excluding carboxylic acids is 1. The third-order valence-electron chi connectivity index (χ3n) is 9.60. The third kappa shape index (κ3) is 11.9. The van der Waals surface area contributed by atoms with Gasteiger partial charge in [0.15, 0.2) is 0 Å². The molecular weight excluding hydrogens is 795 g/mol. The second-order valence-electron chi connectivity index (χ2n) is 14.5. The molecule has 18 heteroatoms. The number of halogens is 8. The summed E-state index contributed by atoms with van der Waals surface area (Å²) in [6.45, 7) is 2.93. The minimum atomic E-state index is -4.46. The van der Waals surface area contributed by atoms with Gasteiger partial charge in [0.2, 0.25) is 12.1 Å². The highest BCUT2D eigenvalue weighted by Gasteiger charge is 2.67. The van der Waals surface area contributed by atoms with Crippen LogP contribution in [0.5, 0.6) is 0 Å². The summed E-state index contributed by atoms with van der Waals surface area (Å²) in [7, 11) is 0.